The predicted molar refractivity (Wildman–Crippen MR) is 122 cm³/mol. The van der Waals surface area contributed by atoms with E-state index in [9.17, 15) is 9.59 Å². The molecule has 31 heavy (non-hydrogen) atoms. The minimum atomic E-state index is -0.374. The maximum atomic E-state index is 13.3. The Labute approximate surface area is 183 Å². The highest BCUT2D eigenvalue weighted by molar-refractivity contribution is 7.17. The molecule has 158 valence electrons. The molecule has 4 aromatic rings. The summed E-state index contributed by atoms with van der Waals surface area (Å²) in [6.45, 7) is 4.94. The second kappa shape index (κ2) is 9.14. The molecule has 0 fully saturated rings. The van der Waals surface area contributed by atoms with Crippen LogP contribution < -0.4 is 10.3 Å². The summed E-state index contributed by atoms with van der Waals surface area (Å²) < 4.78 is 12.1. The first-order valence-electron chi connectivity index (χ1n) is 10.1. The summed E-state index contributed by atoms with van der Waals surface area (Å²) in [5, 5.41) is 2.55. The molecule has 2 aromatic carbocycles. The minimum Gasteiger partial charge on any atom is -0.494 e. The van der Waals surface area contributed by atoms with Gasteiger partial charge in [0, 0.05) is 10.9 Å². The predicted octanol–water partition coefficient (Wildman–Crippen LogP) is 4.75. The highest BCUT2D eigenvalue weighted by Gasteiger charge is 2.14. The van der Waals surface area contributed by atoms with E-state index in [2.05, 4.69) is 4.98 Å². The fourth-order valence-corrected chi connectivity index (χ4v) is 4.30. The van der Waals surface area contributed by atoms with Crippen molar-refractivity contribution in [2.45, 2.75) is 20.4 Å². The van der Waals surface area contributed by atoms with Gasteiger partial charge in [-0.15, -0.1) is 11.3 Å². The van der Waals surface area contributed by atoms with Crippen molar-refractivity contribution in [3.63, 3.8) is 0 Å². The number of ether oxygens (including phenoxy) is 2. The first-order chi connectivity index (χ1) is 15.1. The SMILES string of the molecule is CCOC(=O)c1cccc(Cn2cnc3scc(-c4ccc(OCC)cc4)c3c2=O)c1. The van der Waals surface area contributed by atoms with Gasteiger partial charge in [-0.1, -0.05) is 24.3 Å². The molecule has 7 heteroatoms. The number of carbonyl (C=O) groups excluding carboxylic acids is 1. The number of thiophene rings is 1. The van der Waals surface area contributed by atoms with E-state index in [0.717, 1.165) is 22.4 Å². The Morgan fingerprint density at radius 3 is 2.65 bits per heavy atom. The molecule has 0 spiro atoms. The van der Waals surface area contributed by atoms with Crippen molar-refractivity contribution in [3.8, 4) is 16.9 Å². The van der Waals surface area contributed by atoms with Gasteiger partial charge >= 0.3 is 5.97 Å². The third-order valence-corrected chi connectivity index (χ3v) is 5.71. The molecular formula is C24H22N2O4S. The maximum Gasteiger partial charge on any atom is 0.338 e. The van der Waals surface area contributed by atoms with Crippen LogP contribution in [-0.2, 0) is 11.3 Å². The Hall–Kier alpha value is -3.45. The maximum absolute atomic E-state index is 13.3. The number of hydrogen-bond acceptors (Lipinski definition) is 6. The third-order valence-electron chi connectivity index (χ3n) is 4.83. The molecule has 6 nitrogen and oxygen atoms in total. The van der Waals surface area contributed by atoms with Crippen LogP contribution in [0, 0.1) is 0 Å². The number of aromatic nitrogens is 2. The summed E-state index contributed by atoms with van der Waals surface area (Å²) in [7, 11) is 0. The smallest absolute Gasteiger partial charge is 0.338 e. The Morgan fingerprint density at radius 1 is 1.10 bits per heavy atom. The van der Waals surface area contributed by atoms with Crippen molar-refractivity contribution in [2.75, 3.05) is 13.2 Å². The van der Waals surface area contributed by atoms with Gasteiger partial charge < -0.3 is 9.47 Å². The normalized spacial score (nSPS) is 10.9. The zero-order valence-corrected chi connectivity index (χ0v) is 18.1. The van der Waals surface area contributed by atoms with Crippen LogP contribution in [0.15, 0.2) is 65.0 Å². The average molecular weight is 435 g/mol. The van der Waals surface area contributed by atoms with Crippen LogP contribution in [0.4, 0.5) is 0 Å². The zero-order chi connectivity index (χ0) is 21.8. The van der Waals surface area contributed by atoms with Crippen LogP contribution in [0.5, 0.6) is 5.75 Å². The van der Waals surface area contributed by atoms with Gasteiger partial charge in [0.2, 0.25) is 0 Å². The second-order valence-electron chi connectivity index (χ2n) is 6.89. The van der Waals surface area contributed by atoms with E-state index < -0.39 is 0 Å². The molecule has 4 rings (SSSR count). The molecule has 0 atom stereocenters. The Bertz CT molecular complexity index is 1270. The summed E-state index contributed by atoms with van der Waals surface area (Å²) in [6, 6.07) is 14.8. The molecule has 0 N–H and O–H groups in total. The van der Waals surface area contributed by atoms with Gasteiger partial charge in [0.1, 0.15) is 10.6 Å². The lowest BCUT2D eigenvalue weighted by molar-refractivity contribution is 0.0526. The minimum absolute atomic E-state index is 0.114. The molecule has 2 aromatic heterocycles. The summed E-state index contributed by atoms with van der Waals surface area (Å²) in [5.74, 6) is 0.420. The van der Waals surface area contributed by atoms with E-state index in [1.165, 1.54) is 11.3 Å². The number of hydrogen-bond donors (Lipinski definition) is 0. The summed E-state index contributed by atoms with van der Waals surface area (Å²) in [5.41, 5.74) is 2.97. The van der Waals surface area contributed by atoms with Crippen LogP contribution >= 0.6 is 11.3 Å². The fourth-order valence-electron chi connectivity index (χ4n) is 3.40. The Balaban J connectivity index is 1.69. The fraction of sp³-hybridized carbons (Fsp3) is 0.208. The third kappa shape index (κ3) is 4.36. The molecule has 0 unspecified atom stereocenters. The van der Waals surface area contributed by atoms with Crippen LogP contribution in [0.25, 0.3) is 21.3 Å². The number of nitrogens with zero attached hydrogens (tertiary/aromatic N) is 2. The van der Waals surface area contributed by atoms with Gasteiger partial charge in [-0.3, -0.25) is 9.36 Å². The highest BCUT2D eigenvalue weighted by Crippen LogP contribution is 2.31. The van der Waals surface area contributed by atoms with Crippen molar-refractivity contribution >= 4 is 27.5 Å². The van der Waals surface area contributed by atoms with Gasteiger partial charge in [-0.05, 0) is 49.2 Å². The van der Waals surface area contributed by atoms with Crippen molar-refractivity contribution < 1.29 is 14.3 Å². The number of esters is 1. The molecule has 0 saturated heterocycles. The summed E-state index contributed by atoms with van der Waals surface area (Å²) in [4.78, 5) is 30.5. The number of benzene rings is 2. The van der Waals surface area contributed by atoms with E-state index in [4.69, 9.17) is 9.47 Å². The van der Waals surface area contributed by atoms with Gasteiger partial charge in [-0.25, -0.2) is 9.78 Å². The molecule has 0 amide bonds. The summed E-state index contributed by atoms with van der Waals surface area (Å²) in [6.07, 6.45) is 1.56. The lowest BCUT2D eigenvalue weighted by atomic mass is 10.1. The van der Waals surface area contributed by atoms with Crippen molar-refractivity contribution in [1.29, 1.82) is 0 Å². The van der Waals surface area contributed by atoms with Gasteiger partial charge in [-0.2, -0.15) is 0 Å². The van der Waals surface area contributed by atoms with Crippen LogP contribution in [0.2, 0.25) is 0 Å². The van der Waals surface area contributed by atoms with Crippen molar-refractivity contribution in [2.24, 2.45) is 0 Å². The summed E-state index contributed by atoms with van der Waals surface area (Å²) >= 11 is 1.45. The van der Waals surface area contributed by atoms with Crippen molar-refractivity contribution in [3.05, 3.63) is 81.7 Å². The van der Waals surface area contributed by atoms with Crippen molar-refractivity contribution in [1.82, 2.24) is 9.55 Å². The number of carbonyl (C=O) groups is 1. The van der Waals surface area contributed by atoms with E-state index in [1.807, 2.05) is 42.6 Å². The first-order valence-corrected chi connectivity index (χ1v) is 10.9. The molecule has 0 aliphatic rings. The van der Waals surface area contributed by atoms with E-state index in [-0.39, 0.29) is 11.5 Å². The standard InChI is InChI=1S/C24H22N2O4S/c1-3-29-19-10-8-17(9-11-19)20-14-31-22-21(20)23(27)26(15-25-22)13-16-6-5-7-18(12-16)24(28)30-4-2/h5-12,14-15H,3-4,13H2,1-2H3. The highest BCUT2D eigenvalue weighted by atomic mass is 32.1. The topological polar surface area (TPSA) is 70.4 Å². The van der Waals surface area contributed by atoms with Gasteiger partial charge in [0.15, 0.2) is 0 Å². The van der Waals surface area contributed by atoms with Crippen LogP contribution in [0.1, 0.15) is 29.8 Å². The molecule has 2 heterocycles. The molecule has 0 saturated carbocycles. The van der Waals surface area contributed by atoms with E-state index in [0.29, 0.717) is 35.5 Å². The lowest BCUT2D eigenvalue weighted by Crippen LogP contribution is -2.21. The quantitative estimate of drug-likeness (QED) is 0.393. The second-order valence-corrected chi connectivity index (χ2v) is 7.74. The van der Waals surface area contributed by atoms with Gasteiger partial charge in [0.05, 0.1) is 37.0 Å². The molecule has 0 aliphatic carbocycles. The van der Waals surface area contributed by atoms with Crippen LogP contribution in [-0.4, -0.2) is 28.7 Å². The lowest BCUT2D eigenvalue weighted by Gasteiger charge is -2.08. The monoisotopic (exact) mass is 434 g/mol. The van der Waals surface area contributed by atoms with E-state index >= 15 is 0 Å². The van der Waals surface area contributed by atoms with Gasteiger partial charge in [0.25, 0.3) is 5.56 Å². The average Bonchev–Trinajstić information content (AvgIpc) is 3.22. The molecular weight excluding hydrogens is 412 g/mol. The first kappa shape index (κ1) is 20.8. The van der Waals surface area contributed by atoms with Crippen LogP contribution in [0.3, 0.4) is 0 Å². The Morgan fingerprint density at radius 2 is 1.90 bits per heavy atom. The molecule has 0 bridgehead atoms. The van der Waals surface area contributed by atoms with E-state index in [1.54, 1.807) is 36.0 Å². The molecule has 0 radical (unpaired) electrons. The molecule has 0 aliphatic heterocycles. The number of fused-ring (bicyclic) bond motifs is 1. The number of rotatable bonds is 7. The Kier molecular flexibility index (Phi) is 6.13. The largest absolute Gasteiger partial charge is 0.494 e. The zero-order valence-electron chi connectivity index (χ0n) is 17.3.